The molecule has 3 rings (SSSR count). The highest BCUT2D eigenvalue weighted by molar-refractivity contribution is 8.01. The van der Waals surface area contributed by atoms with Crippen LogP contribution in [0.4, 0.5) is 0 Å². The van der Waals surface area contributed by atoms with E-state index in [1.54, 1.807) is 0 Å². The number of benzene rings is 2. The second-order valence-electron chi connectivity index (χ2n) is 5.95. The number of carbonyl (C=O) groups is 2. The predicted molar refractivity (Wildman–Crippen MR) is 95.3 cm³/mol. The fourth-order valence-electron chi connectivity index (χ4n) is 2.78. The Morgan fingerprint density at radius 2 is 1.76 bits per heavy atom. The fraction of sp³-hybridized carbons (Fsp3) is 0.263. The molecule has 5 nitrogen and oxygen atoms in total. The molecule has 0 radical (unpaired) electrons. The van der Waals surface area contributed by atoms with E-state index in [0.717, 1.165) is 10.5 Å². The van der Waals surface area contributed by atoms with E-state index in [1.165, 1.54) is 11.8 Å². The molecule has 0 bridgehead atoms. The molecular formula is C19H19NO4S. The quantitative estimate of drug-likeness (QED) is 0.774. The van der Waals surface area contributed by atoms with Crippen molar-refractivity contribution in [2.24, 2.45) is 0 Å². The first-order valence-corrected chi connectivity index (χ1v) is 8.82. The Morgan fingerprint density at radius 1 is 1.12 bits per heavy atom. The summed E-state index contributed by atoms with van der Waals surface area (Å²) in [6, 6.07) is 18.2. The van der Waals surface area contributed by atoms with Gasteiger partial charge in [-0.05, 0) is 17.7 Å². The summed E-state index contributed by atoms with van der Waals surface area (Å²) in [7, 11) is 0. The zero-order chi connectivity index (χ0) is 17.7. The highest BCUT2D eigenvalue weighted by atomic mass is 32.2. The van der Waals surface area contributed by atoms with Crippen molar-refractivity contribution in [2.45, 2.75) is 28.7 Å². The molecule has 1 aliphatic heterocycles. The number of aliphatic carboxylic acids is 1. The van der Waals surface area contributed by atoms with Gasteiger partial charge in [0, 0.05) is 17.9 Å². The molecule has 2 aromatic carbocycles. The summed E-state index contributed by atoms with van der Waals surface area (Å²) in [6.45, 7) is 0.436. The number of hydrogen-bond donors (Lipinski definition) is 2. The summed E-state index contributed by atoms with van der Waals surface area (Å²) < 4.78 is 4.58. The van der Waals surface area contributed by atoms with Crippen LogP contribution in [-0.4, -0.2) is 34.4 Å². The first-order chi connectivity index (χ1) is 12.1. The summed E-state index contributed by atoms with van der Waals surface area (Å²) in [5, 5.41) is 12.2. The number of ether oxygens (including phenoxy) is 1. The second kappa shape index (κ2) is 7.72. The van der Waals surface area contributed by atoms with E-state index >= 15 is 0 Å². The Labute approximate surface area is 150 Å². The van der Waals surface area contributed by atoms with Crippen LogP contribution in [0.15, 0.2) is 65.6 Å². The SMILES string of the molecule is O=C(O)[C@@H]1C[C@](Sc2ccccc2)(C(=O)OCc2ccccc2)CN1. The normalized spacial score (nSPS) is 22.5. The minimum atomic E-state index is -0.952. The molecule has 0 unspecified atom stereocenters. The number of carbonyl (C=O) groups excluding carboxylic acids is 1. The van der Waals surface area contributed by atoms with Gasteiger partial charge in [0.25, 0.3) is 0 Å². The van der Waals surface area contributed by atoms with Gasteiger partial charge in [-0.2, -0.15) is 0 Å². The van der Waals surface area contributed by atoms with Crippen LogP contribution in [0.2, 0.25) is 0 Å². The maximum Gasteiger partial charge on any atom is 0.324 e. The minimum Gasteiger partial charge on any atom is -0.480 e. The van der Waals surface area contributed by atoms with Crippen LogP contribution < -0.4 is 5.32 Å². The highest BCUT2D eigenvalue weighted by Gasteiger charge is 2.49. The second-order valence-corrected chi connectivity index (χ2v) is 7.40. The fourth-order valence-corrected chi connectivity index (χ4v) is 4.07. The third-order valence-electron chi connectivity index (χ3n) is 4.11. The molecule has 2 aromatic rings. The van der Waals surface area contributed by atoms with E-state index in [-0.39, 0.29) is 25.5 Å². The molecule has 25 heavy (non-hydrogen) atoms. The molecule has 0 aromatic heterocycles. The third-order valence-corrected chi connectivity index (χ3v) is 5.48. The summed E-state index contributed by atoms with van der Waals surface area (Å²) in [5.74, 6) is -1.34. The molecule has 1 aliphatic rings. The van der Waals surface area contributed by atoms with Gasteiger partial charge in [-0.15, -0.1) is 11.8 Å². The van der Waals surface area contributed by atoms with E-state index in [9.17, 15) is 14.7 Å². The van der Waals surface area contributed by atoms with Crippen molar-refractivity contribution in [3.05, 3.63) is 66.2 Å². The molecule has 2 N–H and O–H groups in total. The van der Waals surface area contributed by atoms with Crippen molar-refractivity contribution in [1.29, 1.82) is 0 Å². The van der Waals surface area contributed by atoms with Crippen molar-refractivity contribution in [3.8, 4) is 0 Å². The van der Waals surface area contributed by atoms with Gasteiger partial charge >= 0.3 is 11.9 Å². The molecular weight excluding hydrogens is 338 g/mol. The van der Waals surface area contributed by atoms with Crippen LogP contribution in [-0.2, 0) is 20.9 Å². The third kappa shape index (κ3) is 4.21. The molecule has 0 aliphatic carbocycles. The van der Waals surface area contributed by atoms with Crippen LogP contribution in [0, 0.1) is 0 Å². The number of thioether (sulfide) groups is 1. The Hall–Kier alpha value is -2.31. The average Bonchev–Trinajstić information content (AvgIpc) is 3.07. The van der Waals surface area contributed by atoms with Crippen LogP contribution in [0.25, 0.3) is 0 Å². The van der Waals surface area contributed by atoms with Crippen LogP contribution in [0.5, 0.6) is 0 Å². The van der Waals surface area contributed by atoms with Crippen molar-refractivity contribution < 1.29 is 19.4 Å². The Morgan fingerprint density at radius 3 is 2.36 bits per heavy atom. The van der Waals surface area contributed by atoms with Gasteiger partial charge in [0.1, 0.15) is 17.4 Å². The topological polar surface area (TPSA) is 75.6 Å². The lowest BCUT2D eigenvalue weighted by Gasteiger charge is -2.25. The van der Waals surface area contributed by atoms with E-state index in [2.05, 4.69) is 5.32 Å². The molecule has 1 heterocycles. The zero-order valence-corrected chi connectivity index (χ0v) is 14.4. The molecule has 0 amide bonds. The first-order valence-electron chi connectivity index (χ1n) is 8.00. The standard InChI is InChI=1S/C19H19NO4S/c21-17(22)16-11-19(13-20-16,25-15-9-5-2-6-10-15)18(23)24-12-14-7-3-1-4-8-14/h1-10,16,20H,11-13H2,(H,21,22)/t16-,19+/m0/s1. The molecule has 2 atom stereocenters. The monoisotopic (exact) mass is 357 g/mol. The lowest BCUT2D eigenvalue weighted by Crippen LogP contribution is -2.39. The van der Waals surface area contributed by atoms with Crippen LogP contribution in [0.1, 0.15) is 12.0 Å². The van der Waals surface area contributed by atoms with E-state index in [0.29, 0.717) is 0 Å². The molecule has 1 saturated heterocycles. The van der Waals surface area contributed by atoms with Gasteiger partial charge in [-0.3, -0.25) is 9.59 Å². The number of nitrogens with one attached hydrogen (secondary N) is 1. The summed E-state index contributed by atoms with van der Waals surface area (Å²) in [4.78, 5) is 25.1. The number of carboxylic acids is 1. The minimum absolute atomic E-state index is 0.175. The largest absolute Gasteiger partial charge is 0.480 e. The maximum absolute atomic E-state index is 12.8. The lowest BCUT2D eigenvalue weighted by molar-refractivity contribution is -0.147. The number of rotatable bonds is 6. The van der Waals surface area contributed by atoms with Gasteiger partial charge in [-0.1, -0.05) is 48.5 Å². The van der Waals surface area contributed by atoms with E-state index in [1.807, 2.05) is 60.7 Å². The number of esters is 1. The Bertz CT molecular complexity index is 738. The van der Waals surface area contributed by atoms with Crippen molar-refractivity contribution in [1.82, 2.24) is 5.32 Å². The molecule has 1 fully saturated rings. The smallest absolute Gasteiger partial charge is 0.324 e. The Balaban J connectivity index is 1.76. The number of carboxylic acid groups (broad SMARTS) is 1. The Kier molecular flexibility index (Phi) is 5.40. The van der Waals surface area contributed by atoms with Gasteiger partial charge < -0.3 is 15.2 Å². The van der Waals surface area contributed by atoms with Crippen molar-refractivity contribution in [3.63, 3.8) is 0 Å². The first kappa shape index (κ1) is 17.5. The predicted octanol–water partition coefficient (Wildman–Crippen LogP) is 2.71. The van der Waals surface area contributed by atoms with Crippen molar-refractivity contribution in [2.75, 3.05) is 6.54 Å². The molecule has 130 valence electrons. The van der Waals surface area contributed by atoms with E-state index < -0.39 is 16.8 Å². The molecule has 6 heteroatoms. The average molecular weight is 357 g/mol. The van der Waals surface area contributed by atoms with Crippen LogP contribution >= 0.6 is 11.8 Å². The lowest BCUT2D eigenvalue weighted by atomic mass is 10.0. The summed E-state index contributed by atoms with van der Waals surface area (Å²) in [6.07, 6.45) is 0.190. The maximum atomic E-state index is 12.8. The summed E-state index contributed by atoms with van der Waals surface area (Å²) >= 11 is 1.36. The van der Waals surface area contributed by atoms with Gasteiger partial charge in [0.15, 0.2) is 0 Å². The summed E-state index contributed by atoms with van der Waals surface area (Å²) in [5.41, 5.74) is 0.899. The molecule has 0 spiro atoms. The van der Waals surface area contributed by atoms with Crippen LogP contribution in [0.3, 0.4) is 0 Å². The molecule has 0 saturated carbocycles. The van der Waals surface area contributed by atoms with Gasteiger partial charge in [-0.25, -0.2) is 0 Å². The van der Waals surface area contributed by atoms with Crippen molar-refractivity contribution >= 4 is 23.7 Å². The van der Waals surface area contributed by atoms with Gasteiger partial charge in [0.2, 0.25) is 0 Å². The zero-order valence-electron chi connectivity index (χ0n) is 13.6. The van der Waals surface area contributed by atoms with E-state index in [4.69, 9.17) is 4.74 Å². The highest BCUT2D eigenvalue weighted by Crippen LogP contribution is 2.40. The van der Waals surface area contributed by atoms with Gasteiger partial charge in [0.05, 0.1) is 0 Å². The number of hydrogen-bond acceptors (Lipinski definition) is 5.